The van der Waals surface area contributed by atoms with Crippen LogP contribution >= 0.6 is 11.6 Å². The first-order valence-electron chi connectivity index (χ1n) is 12.6. The second-order valence-corrected chi connectivity index (χ2v) is 12.2. The number of hydrogen-bond donors (Lipinski definition) is 1. The number of likely N-dealkylation sites (tertiary alicyclic amines) is 1. The van der Waals surface area contributed by atoms with E-state index in [1.165, 1.54) is 4.31 Å². The highest BCUT2D eigenvalue weighted by atomic mass is 35.5. The monoisotopic (exact) mass is 550 g/mol. The summed E-state index contributed by atoms with van der Waals surface area (Å²) in [6.45, 7) is 5.35. The van der Waals surface area contributed by atoms with Gasteiger partial charge < -0.3 is 19.5 Å². The van der Waals surface area contributed by atoms with E-state index in [9.17, 15) is 18.3 Å². The Labute approximate surface area is 224 Å². The van der Waals surface area contributed by atoms with E-state index in [1.54, 1.807) is 50.1 Å². The Morgan fingerprint density at radius 2 is 1.73 bits per heavy atom. The zero-order valence-corrected chi connectivity index (χ0v) is 23.1. The Hall–Kier alpha value is -2.17. The van der Waals surface area contributed by atoms with E-state index in [1.807, 2.05) is 12.1 Å². The second-order valence-electron chi connectivity index (χ2n) is 9.90. The minimum absolute atomic E-state index is 0.0230. The summed E-state index contributed by atoms with van der Waals surface area (Å²) in [7, 11) is -2.10. The lowest BCUT2D eigenvalue weighted by molar-refractivity contribution is -0.137. The van der Waals surface area contributed by atoms with E-state index < -0.39 is 15.6 Å². The van der Waals surface area contributed by atoms with Crippen molar-refractivity contribution < 1.29 is 27.8 Å². The highest BCUT2D eigenvalue weighted by Crippen LogP contribution is 2.34. The van der Waals surface area contributed by atoms with Crippen molar-refractivity contribution in [2.75, 3.05) is 39.9 Å². The molecule has 2 aliphatic heterocycles. The van der Waals surface area contributed by atoms with E-state index in [0.717, 1.165) is 5.56 Å². The van der Waals surface area contributed by atoms with Gasteiger partial charge in [-0.3, -0.25) is 4.79 Å². The molecule has 2 aliphatic rings. The lowest BCUT2D eigenvalue weighted by Gasteiger charge is -2.38. The van der Waals surface area contributed by atoms with Crippen LogP contribution in [0.1, 0.15) is 42.4 Å². The molecule has 0 spiro atoms. The maximum atomic E-state index is 13.3. The molecule has 2 aromatic rings. The molecule has 0 radical (unpaired) electrons. The summed E-state index contributed by atoms with van der Waals surface area (Å²) >= 11 is 5.95. The molecule has 2 aromatic carbocycles. The molecule has 1 atom stereocenters. The van der Waals surface area contributed by atoms with Gasteiger partial charge >= 0.3 is 0 Å². The van der Waals surface area contributed by atoms with E-state index in [0.29, 0.717) is 65.7 Å². The molecular weight excluding hydrogens is 516 g/mol. The first-order valence-corrected chi connectivity index (χ1v) is 14.4. The van der Waals surface area contributed by atoms with Gasteiger partial charge in [-0.1, -0.05) is 23.7 Å². The smallest absolute Gasteiger partial charge is 0.243 e. The molecular formula is C27H35ClN2O6S. The van der Waals surface area contributed by atoms with Crippen LogP contribution in [0.2, 0.25) is 5.02 Å². The Morgan fingerprint density at radius 3 is 2.32 bits per heavy atom. The number of hydrogen-bond acceptors (Lipinski definition) is 6. The van der Waals surface area contributed by atoms with Crippen molar-refractivity contribution in [3.63, 3.8) is 0 Å². The molecule has 1 amide bonds. The largest absolute Gasteiger partial charge is 0.497 e. The molecule has 0 aromatic heterocycles. The number of carbonyl (C=O) groups excluding carboxylic acids is 1. The molecule has 0 aliphatic carbocycles. The third kappa shape index (κ3) is 6.12. The molecule has 2 saturated heterocycles. The van der Waals surface area contributed by atoms with Crippen molar-refractivity contribution in [2.45, 2.75) is 56.1 Å². The Balaban J connectivity index is 1.25. The summed E-state index contributed by atoms with van der Waals surface area (Å²) in [4.78, 5) is 14.8. The number of aryl methyl sites for hydroxylation is 2. The Kier molecular flexibility index (Phi) is 8.50. The van der Waals surface area contributed by atoms with Crippen LogP contribution < -0.4 is 4.74 Å². The molecule has 37 heavy (non-hydrogen) atoms. The maximum Gasteiger partial charge on any atom is 0.243 e. The predicted molar refractivity (Wildman–Crippen MR) is 141 cm³/mol. The van der Waals surface area contributed by atoms with Crippen molar-refractivity contribution in [1.29, 1.82) is 0 Å². The summed E-state index contributed by atoms with van der Waals surface area (Å²) in [6, 6.07) is 10.6. The van der Waals surface area contributed by atoms with Gasteiger partial charge in [-0.2, -0.15) is 4.31 Å². The van der Waals surface area contributed by atoms with Crippen molar-refractivity contribution in [2.24, 2.45) is 0 Å². The van der Waals surface area contributed by atoms with Crippen LogP contribution in [0, 0.1) is 13.8 Å². The van der Waals surface area contributed by atoms with Gasteiger partial charge in [0.25, 0.3) is 0 Å². The molecule has 8 nitrogen and oxygen atoms in total. The molecule has 2 heterocycles. The third-order valence-electron chi connectivity index (χ3n) is 7.37. The van der Waals surface area contributed by atoms with E-state index in [4.69, 9.17) is 21.1 Å². The number of halogens is 1. The van der Waals surface area contributed by atoms with Gasteiger partial charge in [0, 0.05) is 31.2 Å². The van der Waals surface area contributed by atoms with Crippen LogP contribution in [-0.2, 0) is 25.2 Å². The third-order valence-corrected chi connectivity index (χ3v) is 9.79. The average molecular weight is 551 g/mol. The fourth-order valence-electron chi connectivity index (χ4n) is 5.26. The Bertz CT molecular complexity index is 1200. The predicted octanol–water partition coefficient (Wildman–Crippen LogP) is 3.65. The van der Waals surface area contributed by atoms with Gasteiger partial charge in [-0.15, -0.1) is 0 Å². The van der Waals surface area contributed by atoms with Crippen LogP contribution in [0.15, 0.2) is 41.3 Å². The zero-order chi connectivity index (χ0) is 26.8. The van der Waals surface area contributed by atoms with Gasteiger partial charge in [0.2, 0.25) is 15.9 Å². The van der Waals surface area contributed by atoms with Gasteiger partial charge in [0.1, 0.15) is 5.75 Å². The van der Waals surface area contributed by atoms with Gasteiger partial charge in [-0.05, 0) is 74.1 Å². The van der Waals surface area contributed by atoms with Crippen molar-refractivity contribution in [3.05, 3.63) is 58.1 Å². The topological polar surface area (TPSA) is 96.4 Å². The average Bonchev–Trinajstić information content (AvgIpc) is 3.34. The molecule has 202 valence electrons. The molecule has 0 saturated carbocycles. The molecule has 1 N–H and O–H groups in total. The van der Waals surface area contributed by atoms with E-state index in [2.05, 4.69) is 0 Å². The van der Waals surface area contributed by atoms with Crippen LogP contribution in [0.4, 0.5) is 0 Å². The highest BCUT2D eigenvalue weighted by Gasteiger charge is 2.37. The van der Waals surface area contributed by atoms with Gasteiger partial charge in [-0.25, -0.2) is 8.42 Å². The van der Waals surface area contributed by atoms with Crippen molar-refractivity contribution in [3.8, 4) is 5.75 Å². The number of piperidine rings is 1. The van der Waals surface area contributed by atoms with Crippen LogP contribution in [0.3, 0.4) is 0 Å². The van der Waals surface area contributed by atoms with E-state index in [-0.39, 0.29) is 31.6 Å². The fraction of sp³-hybridized carbons (Fsp3) is 0.519. The summed E-state index contributed by atoms with van der Waals surface area (Å²) in [6.07, 6.45) is 1.47. The van der Waals surface area contributed by atoms with E-state index >= 15 is 0 Å². The number of nitrogens with zero attached hydrogens (tertiary/aromatic N) is 2. The summed E-state index contributed by atoms with van der Waals surface area (Å²) < 4.78 is 39.3. The van der Waals surface area contributed by atoms with Crippen molar-refractivity contribution in [1.82, 2.24) is 9.21 Å². The van der Waals surface area contributed by atoms with Crippen molar-refractivity contribution >= 4 is 27.5 Å². The molecule has 0 bridgehead atoms. The van der Waals surface area contributed by atoms with Gasteiger partial charge in [0.15, 0.2) is 0 Å². The summed E-state index contributed by atoms with van der Waals surface area (Å²) in [5.41, 5.74) is 1.15. The number of aliphatic hydroxyl groups is 1. The lowest BCUT2D eigenvalue weighted by Crippen LogP contribution is -2.45. The number of amides is 1. The first kappa shape index (κ1) is 27.9. The number of rotatable bonds is 8. The number of methoxy groups -OCH3 is 1. The fourth-order valence-corrected chi connectivity index (χ4v) is 7.29. The normalized spacial score (nSPS) is 20.2. The molecule has 2 fully saturated rings. The number of sulfonamides is 1. The molecule has 10 heteroatoms. The quantitative estimate of drug-likeness (QED) is 0.539. The summed E-state index contributed by atoms with van der Waals surface area (Å²) in [5.74, 6) is 0.606. The lowest BCUT2D eigenvalue weighted by atomic mass is 9.84. The number of carbonyl (C=O) groups is 1. The van der Waals surface area contributed by atoms with Crippen LogP contribution in [0.25, 0.3) is 0 Å². The number of benzene rings is 2. The van der Waals surface area contributed by atoms with Crippen LogP contribution in [0.5, 0.6) is 5.75 Å². The summed E-state index contributed by atoms with van der Waals surface area (Å²) in [5, 5.41) is 11.6. The molecule has 4 rings (SSSR count). The van der Waals surface area contributed by atoms with Gasteiger partial charge in [0.05, 0.1) is 36.7 Å². The highest BCUT2D eigenvalue weighted by molar-refractivity contribution is 7.89. The Morgan fingerprint density at radius 1 is 1.11 bits per heavy atom. The number of ether oxygens (including phenoxy) is 2. The first-order chi connectivity index (χ1) is 17.5. The minimum Gasteiger partial charge on any atom is -0.497 e. The van der Waals surface area contributed by atoms with Crippen LogP contribution in [-0.4, -0.2) is 74.6 Å². The molecule has 1 unspecified atom stereocenters. The maximum absolute atomic E-state index is 13.3. The second kappa shape index (κ2) is 11.3. The standard InChI is InChI=1S/C27H35ClN2O6S/c1-19-16-24(35-3)17-20(2)26(19)37(33,34)30-12-8-23(18-30)36-15-9-25(31)29-13-10-27(32,11-14-29)21-4-6-22(28)7-5-21/h4-7,16-17,23,32H,8-15,18H2,1-3H3. The minimum atomic E-state index is -3.66. The zero-order valence-electron chi connectivity index (χ0n) is 21.6. The SMILES string of the molecule is COc1cc(C)c(S(=O)(=O)N2CCC(OCCC(=O)N3CCC(O)(c4ccc(Cl)cc4)CC3)C2)c(C)c1.